The van der Waals surface area contributed by atoms with Crippen molar-refractivity contribution in [1.29, 1.82) is 0 Å². The molecule has 4 nitrogen and oxygen atoms in total. The lowest BCUT2D eigenvalue weighted by Crippen LogP contribution is -2.36. The lowest BCUT2D eigenvalue weighted by atomic mass is 9.89. The SMILES string of the molecule is Cc1cc(O)c(C=O)c2c1C(=O)CC(C)(C)O2. The van der Waals surface area contributed by atoms with Gasteiger partial charge in [-0.3, -0.25) is 9.59 Å². The first-order valence-electron chi connectivity index (χ1n) is 5.39. The van der Waals surface area contributed by atoms with Gasteiger partial charge in [-0.1, -0.05) is 0 Å². The molecular formula is C13H14O4. The molecule has 1 aliphatic heterocycles. The van der Waals surface area contributed by atoms with Crippen molar-refractivity contribution in [3.05, 3.63) is 22.8 Å². The predicted molar refractivity (Wildman–Crippen MR) is 61.9 cm³/mol. The molecule has 0 spiro atoms. The zero-order valence-electron chi connectivity index (χ0n) is 10.0. The highest BCUT2D eigenvalue weighted by molar-refractivity contribution is 6.04. The van der Waals surface area contributed by atoms with Gasteiger partial charge in [0.15, 0.2) is 12.1 Å². The number of aromatic hydroxyl groups is 1. The normalized spacial score (nSPS) is 17.2. The Morgan fingerprint density at radius 3 is 2.71 bits per heavy atom. The molecule has 1 aromatic carbocycles. The Morgan fingerprint density at radius 2 is 2.12 bits per heavy atom. The molecular weight excluding hydrogens is 220 g/mol. The van der Waals surface area contributed by atoms with Crippen molar-refractivity contribution in [2.75, 3.05) is 0 Å². The third kappa shape index (κ3) is 1.79. The van der Waals surface area contributed by atoms with Crippen molar-refractivity contribution in [2.45, 2.75) is 32.8 Å². The largest absolute Gasteiger partial charge is 0.507 e. The summed E-state index contributed by atoms with van der Waals surface area (Å²) >= 11 is 0. The van der Waals surface area contributed by atoms with E-state index in [1.165, 1.54) is 6.07 Å². The topological polar surface area (TPSA) is 63.6 Å². The first-order chi connectivity index (χ1) is 7.85. The van der Waals surface area contributed by atoms with Crippen LogP contribution in [0.5, 0.6) is 11.5 Å². The minimum Gasteiger partial charge on any atom is -0.507 e. The fourth-order valence-corrected chi connectivity index (χ4v) is 2.14. The van der Waals surface area contributed by atoms with Crippen LogP contribution >= 0.6 is 0 Å². The van der Waals surface area contributed by atoms with Crippen molar-refractivity contribution in [3.63, 3.8) is 0 Å². The summed E-state index contributed by atoms with van der Waals surface area (Å²) in [6, 6.07) is 1.42. The fraction of sp³-hybridized carbons (Fsp3) is 0.385. The van der Waals surface area contributed by atoms with Crippen LogP contribution in [0.1, 0.15) is 46.5 Å². The molecule has 1 aromatic rings. The molecule has 0 saturated carbocycles. The number of phenolic OH excluding ortho intramolecular Hbond substituents is 1. The average molecular weight is 234 g/mol. The van der Waals surface area contributed by atoms with Crippen LogP contribution in [-0.2, 0) is 0 Å². The van der Waals surface area contributed by atoms with Crippen LogP contribution < -0.4 is 4.74 Å². The lowest BCUT2D eigenvalue weighted by Gasteiger charge is -2.33. The molecule has 0 unspecified atom stereocenters. The van der Waals surface area contributed by atoms with E-state index in [0.29, 0.717) is 17.4 Å². The second kappa shape index (κ2) is 3.58. The zero-order chi connectivity index (χ0) is 12.8. The molecule has 0 bridgehead atoms. The number of rotatable bonds is 1. The predicted octanol–water partition coefficient (Wildman–Crippen LogP) is 2.26. The van der Waals surface area contributed by atoms with E-state index in [-0.39, 0.29) is 29.3 Å². The third-order valence-corrected chi connectivity index (χ3v) is 2.86. The summed E-state index contributed by atoms with van der Waals surface area (Å²) in [5, 5.41) is 9.68. The smallest absolute Gasteiger partial charge is 0.170 e. The molecule has 0 fully saturated rings. The molecule has 0 saturated heterocycles. The Kier molecular flexibility index (Phi) is 2.45. The van der Waals surface area contributed by atoms with Gasteiger partial charge in [0.05, 0.1) is 17.5 Å². The number of benzene rings is 1. The van der Waals surface area contributed by atoms with Gasteiger partial charge >= 0.3 is 0 Å². The molecule has 1 N–H and O–H groups in total. The second-order valence-electron chi connectivity index (χ2n) is 4.91. The van der Waals surface area contributed by atoms with Gasteiger partial charge in [0.2, 0.25) is 0 Å². The molecule has 1 heterocycles. The van der Waals surface area contributed by atoms with E-state index in [1.807, 2.05) is 0 Å². The van der Waals surface area contributed by atoms with Crippen molar-refractivity contribution >= 4 is 12.1 Å². The average Bonchev–Trinajstić information content (AvgIpc) is 2.14. The summed E-state index contributed by atoms with van der Waals surface area (Å²) in [6.45, 7) is 5.27. The minimum atomic E-state index is -0.651. The van der Waals surface area contributed by atoms with Crippen molar-refractivity contribution < 1.29 is 19.4 Å². The second-order valence-corrected chi connectivity index (χ2v) is 4.91. The van der Waals surface area contributed by atoms with Crippen molar-refractivity contribution in [1.82, 2.24) is 0 Å². The van der Waals surface area contributed by atoms with Gasteiger partial charge in [0, 0.05) is 0 Å². The van der Waals surface area contributed by atoms with Crippen molar-refractivity contribution in [2.24, 2.45) is 0 Å². The molecule has 2 rings (SSSR count). The molecule has 0 atom stereocenters. The Morgan fingerprint density at radius 1 is 1.47 bits per heavy atom. The molecule has 0 amide bonds. The quantitative estimate of drug-likeness (QED) is 0.757. The summed E-state index contributed by atoms with van der Waals surface area (Å²) in [7, 11) is 0. The van der Waals surface area contributed by atoms with Gasteiger partial charge in [-0.15, -0.1) is 0 Å². The monoisotopic (exact) mass is 234 g/mol. The van der Waals surface area contributed by atoms with E-state index >= 15 is 0 Å². The first kappa shape index (κ1) is 11.6. The number of Topliss-reactive ketones (excluding diaryl/α,β-unsaturated/α-hetero) is 1. The maximum absolute atomic E-state index is 12.0. The van der Waals surface area contributed by atoms with Crippen LogP contribution in [0.2, 0.25) is 0 Å². The van der Waals surface area contributed by atoms with Crippen molar-refractivity contribution in [3.8, 4) is 11.5 Å². The van der Waals surface area contributed by atoms with Crippen LogP contribution in [0.3, 0.4) is 0 Å². The van der Waals surface area contributed by atoms with Gasteiger partial charge in [0.1, 0.15) is 17.1 Å². The summed E-state index contributed by atoms with van der Waals surface area (Å²) in [6.07, 6.45) is 0.784. The highest BCUT2D eigenvalue weighted by Crippen LogP contribution is 2.40. The minimum absolute atomic E-state index is 0.0479. The van der Waals surface area contributed by atoms with Gasteiger partial charge in [0.25, 0.3) is 0 Å². The van der Waals surface area contributed by atoms with E-state index in [9.17, 15) is 14.7 Å². The van der Waals surface area contributed by atoms with Crippen LogP contribution in [0.25, 0.3) is 0 Å². The number of phenols is 1. The Bertz CT molecular complexity index is 515. The number of aryl methyl sites for hydroxylation is 1. The highest BCUT2D eigenvalue weighted by atomic mass is 16.5. The van der Waals surface area contributed by atoms with Gasteiger partial charge in [-0.25, -0.2) is 0 Å². The Hall–Kier alpha value is -1.84. The number of aldehydes is 1. The number of carbonyl (C=O) groups excluding carboxylic acids is 2. The Labute approximate surface area is 99.2 Å². The van der Waals surface area contributed by atoms with Gasteiger partial charge in [-0.2, -0.15) is 0 Å². The van der Waals surface area contributed by atoms with E-state index < -0.39 is 5.60 Å². The molecule has 4 heteroatoms. The number of fused-ring (bicyclic) bond motifs is 1. The van der Waals surface area contributed by atoms with E-state index in [4.69, 9.17) is 4.74 Å². The van der Waals surface area contributed by atoms with E-state index in [2.05, 4.69) is 0 Å². The highest BCUT2D eigenvalue weighted by Gasteiger charge is 2.36. The maximum atomic E-state index is 12.0. The number of ether oxygens (including phenoxy) is 1. The van der Waals surface area contributed by atoms with Crippen LogP contribution in [0.4, 0.5) is 0 Å². The molecule has 0 aliphatic carbocycles. The number of hydrogen-bond acceptors (Lipinski definition) is 4. The third-order valence-electron chi connectivity index (χ3n) is 2.86. The van der Waals surface area contributed by atoms with Crippen LogP contribution in [0, 0.1) is 6.92 Å². The molecule has 90 valence electrons. The van der Waals surface area contributed by atoms with Crippen LogP contribution in [-0.4, -0.2) is 22.8 Å². The lowest BCUT2D eigenvalue weighted by molar-refractivity contribution is 0.0612. The molecule has 17 heavy (non-hydrogen) atoms. The fourth-order valence-electron chi connectivity index (χ4n) is 2.14. The van der Waals surface area contributed by atoms with E-state index in [1.54, 1.807) is 20.8 Å². The molecule has 0 aromatic heterocycles. The van der Waals surface area contributed by atoms with E-state index in [0.717, 1.165) is 0 Å². The summed E-state index contributed by atoms with van der Waals surface area (Å²) < 4.78 is 5.66. The summed E-state index contributed by atoms with van der Waals surface area (Å²) in [4.78, 5) is 23.0. The first-order valence-corrected chi connectivity index (χ1v) is 5.39. The standard InChI is InChI=1S/C13H14O4/c1-7-4-9(15)8(6-14)12-11(7)10(16)5-13(2,3)17-12/h4,6,15H,5H2,1-3H3. The summed E-state index contributed by atoms with van der Waals surface area (Å²) in [5.41, 5.74) is 0.432. The Balaban J connectivity index is 2.75. The van der Waals surface area contributed by atoms with Crippen LogP contribution in [0.15, 0.2) is 6.07 Å². The maximum Gasteiger partial charge on any atom is 0.170 e. The zero-order valence-corrected chi connectivity index (χ0v) is 10.0. The molecule has 1 aliphatic rings. The number of ketones is 1. The molecule has 0 radical (unpaired) electrons. The van der Waals surface area contributed by atoms with Gasteiger partial charge < -0.3 is 9.84 Å². The number of hydrogen-bond donors (Lipinski definition) is 1. The number of carbonyl (C=O) groups is 2. The van der Waals surface area contributed by atoms with Gasteiger partial charge in [-0.05, 0) is 32.4 Å². The summed E-state index contributed by atoms with van der Waals surface area (Å²) in [5.74, 6) is -0.00245.